The van der Waals surface area contributed by atoms with E-state index in [9.17, 15) is 14.7 Å². The van der Waals surface area contributed by atoms with Crippen LogP contribution in [0.25, 0.3) is 0 Å². The minimum Gasteiger partial charge on any atom is -0.392 e. The summed E-state index contributed by atoms with van der Waals surface area (Å²) >= 11 is 1.51. The third-order valence-corrected chi connectivity index (χ3v) is 7.39. The number of nitrogens with zero attached hydrogens (tertiary/aromatic N) is 4. The van der Waals surface area contributed by atoms with E-state index in [4.69, 9.17) is 14.7 Å². The third-order valence-electron chi connectivity index (χ3n) is 6.24. The van der Waals surface area contributed by atoms with Gasteiger partial charge < -0.3 is 19.9 Å². The minimum absolute atomic E-state index is 0.0215. The van der Waals surface area contributed by atoms with Gasteiger partial charge in [0, 0.05) is 43.3 Å². The maximum Gasteiger partial charge on any atom is 0.243 e. The number of aryl methyl sites for hydroxylation is 1. The third kappa shape index (κ3) is 8.31. The molecule has 4 rings (SSSR count). The van der Waals surface area contributed by atoms with Crippen LogP contribution in [0.5, 0.6) is 0 Å². The van der Waals surface area contributed by atoms with E-state index in [1.807, 2.05) is 36.4 Å². The number of ether oxygens (including phenoxy) is 2. The number of aliphatic hydroxyl groups excluding tert-OH is 1. The second-order valence-electron chi connectivity index (χ2n) is 9.16. The highest BCUT2D eigenvalue weighted by molar-refractivity contribution is 7.99. The molecule has 1 aliphatic rings. The van der Waals surface area contributed by atoms with E-state index in [1.165, 1.54) is 11.8 Å². The van der Waals surface area contributed by atoms with Gasteiger partial charge in [0.1, 0.15) is 0 Å². The van der Waals surface area contributed by atoms with Gasteiger partial charge in [-0.25, -0.2) is 10.2 Å². The minimum atomic E-state index is -0.619. The van der Waals surface area contributed by atoms with E-state index in [0.717, 1.165) is 16.7 Å². The predicted molar refractivity (Wildman–Crippen MR) is 141 cm³/mol. The van der Waals surface area contributed by atoms with E-state index in [-0.39, 0.29) is 37.6 Å². The highest BCUT2D eigenvalue weighted by Crippen LogP contribution is 2.39. The number of aliphatic hydroxyl groups is 1. The first-order valence-electron chi connectivity index (χ1n) is 12.6. The summed E-state index contributed by atoms with van der Waals surface area (Å²) in [4.78, 5) is 23.3. The summed E-state index contributed by atoms with van der Waals surface area (Å²) in [5.74, 6) is 0.0149. The number of aromatic nitrogens is 4. The number of nitrogens with one attached hydrogen (secondary N) is 2. The van der Waals surface area contributed by atoms with E-state index >= 15 is 0 Å². The van der Waals surface area contributed by atoms with Gasteiger partial charge in [0.2, 0.25) is 17.0 Å². The average molecular weight is 557 g/mol. The number of benzene rings is 2. The molecule has 13 heteroatoms. The van der Waals surface area contributed by atoms with Crippen molar-refractivity contribution in [1.29, 1.82) is 0 Å². The number of amides is 2. The topological polar surface area (TPSA) is 161 Å². The van der Waals surface area contributed by atoms with E-state index in [1.54, 1.807) is 29.3 Å². The number of rotatable bonds is 12. The number of anilines is 1. The predicted octanol–water partition coefficient (Wildman–Crippen LogP) is 3.04. The quantitative estimate of drug-likeness (QED) is 0.113. The van der Waals surface area contributed by atoms with Gasteiger partial charge in [-0.15, -0.1) is 5.10 Å². The van der Waals surface area contributed by atoms with Crippen molar-refractivity contribution in [1.82, 2.24) is 25.7 Å². The fourth-order valence-electron chi connectivity index (χ4n) is 4.11. The Hall–Kier alpha value is -3.36. The van der Waals surface area contributed by atoms with Crippen molar-refractivity contribution in [3.8, 4) is 0 Å². The van der Waals surface area contributed by atoms with Gasteiger partial charge in [-0.3, -0.25) is 14.8 Å². The molecule has 1 aliphatic heterocycles. The number of carbonyl (C=O) groups is 2. The van der Waals surface area contributed by atoms with Crippen molar-refractivity contribution in [3.05, 3.63) is 65.2 Å². The van der Waals surface area contributed by atoms with Gasteiger partial charge in [-0.1, -0.05) is 48.2 Å². The molecule has 0 spiro atoms. The molecule has 0 radical (unpaired) electrons. The van der Waals surface area contributed by atoms with Crippen LogP contribution < -0.4 is 10.8 Å². The van der Waals surface area contributed by atoms with Crippen LogP contribution in [0, 0.1) is 0 Å². The fraction of sp³-hybridized carbons (Fsp3) is 0.423. The Bertz CT molecular complexity index is 1220. The summed E-state index contributed by atoms with van der Waals surface area (Å²) in [6.45, 7) is -0.0215. The molecule has 2 amide bonds. The molecule has 4 N–H and O–H groups in total. The number of hydrogen-bond acceptors (Lipinski definition) is 10. The molecule has 1 aromatic heterocycles. The van der Waals surface area contributed by atoms with Gasteiger partial charge >= 0.3 is 0 Å². The second kappa shape index (κ2) is 14.1. The van der Waals surface area contributed by atoms with Crippen LogP contribution in [0.3, 0.4) is 0 Å². The Morgan fingerprint density at radius 3 is 2.36 bits per heavy atom. The number of tetrazole rings is 1. The summed E-state index contributed by atoms with van der Waals surface area (Å²) in [7, 11) is 1.79. The molecule has 3 atom stereocenters. The summed E-state index contributed by atoms with van der Waals surface area (Å²) in [5.41, 5.74) is 4.87. The molecule has 0 saturated carbocycles. The first-order chi connectivity index (χ1) is 18.9. The number of hydroxylamine groups is 1. The average Bonchev–Trinajstić information content (AvgIpc) is 3.38. The Morgan fingerprint density at radius 2 is 1.72 bits per heavy atom. The van der Waals surface area contributed by atoms with Crippen molar-refractivity contribution in [2.75, 3.05) is 11.1 Å². The molecule has 39 heavy (non-hydrogen) atoms. The Labute approximate surface area is 230 Å². The van der Waals surface area contributed by atoms with Gasteiger partial charge in [-0.05, 0) is 46.5 Å². The zero-order valence-electron chi connectivity index (χ0n) is 21.5. The lowest BCUT2D eigenvalue weighted by molar-refractivity contribution is -0.245. The lowest BCUT2D eigenvalue weighted by Crippen LogP contribution is -2.31. The molecular formula is C26H32N6O6S. The fourth-order valence-corrected chi connectivity index (χ4v) is 4.98. The number of hydrogen-bond donors (Lipinski definition) is 4. The number of thioether (sulfide) groups is 1. The molecule has 0 aliphatic carbocycles. The van der Waals surface area contributed by atoms with Crippen LogP contribution in [0.15, 0.2) is 53.7 Å². The molecule has 0 unspecified atom stereocenters. The molecule has 1 fully saturated rings. The maximum atomic E-state index is 12.3. The summed E-state index contributed by atoms with van der Waals surface area (Å²) in [5, 5.41) is 33.1. The highest BCUT2D eigenvalue weighted by Gasteiger charge is 2.32. The molecule has 0 bridgehead atoms. The van der Waals surface area contributed by atoms with Crippen LogP contribution in [0.4, 0.5) is 5.69 Å². The van der Waals surface area contributed by atoms with Crippen LogP contribution >= 0.6 is 11.8 Å². The molecule has 208 valence electrons. The van der Waals surface area contributed by atoms with Gasteiger partial charge in [-0.2, -0.15) is 0 Å². The van der Waals surface area contributed by atoms with Crippen LogP contribution in [-0.2, 0) is 32.7 Å². The monoisotopic (exact) mass is 556 g/mol. The van der Waals surface area contributed by atoms with E-state index < -0.39 is 12.2 Å². The van der Waals surface area contributed by atoms with Crippen molar-refractivity contribution >= 4 is 29.3 Å². The van der Waals surface area contributed by atoms with Crippen molar-refractivity contribution in [2.24, 2.45) is 7.05 Å². The SMILES string of the molecule is Cn1nnnc1SC[C@H]1C[C@@H](c2ccc(CO)cc2)O[C@@H](c2ccc(NC(=O)CCCCC(=O)NO)cc2)O1. The first-order valence-corrected chi connectivity index (χ1v) is 13.6. The van der Waals surface area contributed by atoms with Gasteiger partial charge in [0.25, 0.3) is 0 Å². The first kappa shape index (κ1) is 28.6. The second-order valence-corrected chi connectivity index (χ2v) is 10.1. The van der Waals surface area contributed by atoms with Gasteiger partial charge in [0.05, 0.1) is 18.8 Å². The molecule has 2 aromatic carbocycles. The smallest absolute Gasteiger partial charge is 0.243 e. The van der Waals surface area contributed by atoms with Crippen LogP contribution in [0.2, 0.25) is 0 Å². The number of carbonyl (C=O) groups excluding carboxylic acids is 2. The van der Waals surface area contributed by atoms with E-state index in [0.29, 0.717) is 35.9 Å². The molecular weight excluding hydrogens is 524 g/mol. The van der Waals surface area contributed by atoms with Crippen LogP contribution in [0.1, 0.15) is 61.2 Å². The van der Waals surface area contributed by atoms with Crippen LogP contribution in [-0.4, -0.2) is 54.2 Å². The number of unbranched alkanes of at least 4 members (excludes halogenated alkanes) is 1. The summed E-state index contributed by atoms with van der Waals surface area (Å²) in [6, 6.07) is 15.0. The van der Waals surface area contributed by atoms with E-state index in [2.05, 4.69) is 20.8 Å². The normalized spacial score (nSPS) is 19.0. The zero-order chi connectivity index (χ0) is 27.6. The van der Waals surface area contributed by atoms with Crippen molar-refractivity contribution in [2.45, 2.75) is 62.4 Å². The molecule has 12 nitrogen and oxygen atoms in total. The van der Waals surface area contributed by atoms with Crippen molar-refractivity contribution < 1.29 is 29.4 Å². The molecule has 3 aromatic rings. The van der Waals surface area contributed by atoms with Gasteiger partial charge in [0.15, 0.2) is 6.29 Å². The molecule has 1 saturated heterocycles. The lowest BCUT2D eigenvalue weighted by Gasteiger charge is -2.36. The highest BCUT2D eigenvalue weighted by atomic mass is 32.2. The molecule has 2 heterocycles. The summed E-state index contributed by atoms with van der Waals surface area (Å²) < 4.78 is 14.3. The Balaban J connectivity index is 1.39. The summed E-state index contributed by atoms with van der Waals surface area (Å²) in [6.07, 6.45) is 1.14. The Kier molecular flexibility index (Phi) is 10.4. The standard InChI is InChI=1S/C26H32N6O6S/c1-32-26(28-30-31-32)39-16-21-14-22(18-8-6-17(15-33)7-9-18)38-25(37-21)19-10-12-20(13-11-19)27-23(34)4-2-3-5-24(35)29-36/h6-13,21-22,25,33,36H,2-5,14-16H2,1H3,(H,27,34)(H,29,35)/t21-,22+,25+/m1/s1. The van der Waals surface area contributed by atoms with Crippen molar-refractivity contribution in [3.63, 3.8) is 0 Å². The maximum absolute atomic E-state index is 12.3. The largest absolute Gasteiger partial charge is 0.392 e. The lowest BCUT2D eigenvalue weighted by atomic mass is 10.0. The Morgan fingerprint density at radius 1 is 1.03 bits per heavy atom. The zero-order valence-corrected chi connectivity index (χ0v) is 22.3.